The van der Waals surface area contributed by atoms with Crippen LogP contribution in [0.1, 0.15) is 50.4 Å². The van der Waals surface area contributed by atoms with Gasteiger partial charge in [-0.15, -0.1) is 0 Å². The van der Waals surface area contributed by atoms with E-state index in [0.29, 0.717) is 17.6 Å². The van der Waals surface area contributed by atoms with Crippen LogP contribution in [0.4, 0.5) is 0 Å². The van der Waals surface area contributed by atoms with E-state index >= 15 is 0 Å². The van der Waals surface area contributed by atoms with E-state index in [2.05, 4.69) is 0 Å². The first kappa shape index (κ1) is 16.4. The summed E-state index contributed by atoms with van der Waals surface area (Å²) in [4.78, 5) is 23.4. The van der Waals surface area contributed by atoms with Crippen molar-refractivity contribution in [3.05, 3.63) is 70.4 Å². The van der Waals surface area contributed by atoms with Crippen molar-refractivity contribution in [1.82, 2.24) is 4.57 Å². The molecule has 0 unspecified atom stereocenters. The van der Waals surface area contributed by atoms with E-state index in [1.807, 2.05) is 16.7 Å². The SMILES string of the molecule is O=C(O)c1ccccc1Cn1c2c(c3cccc(C(=O)O)c31)CCCC2. The highest BCUT2D eigenvalue weighted by Crippen LogP contribution is 2.34. The molecular weight excluding hydrogens is 330 g/mol. The first-order valence-corrected chi connectivity index (χ1v) is 8.75. The number of hydrogen-bond donors (Lipinski definition) is 2. The minimum absolute atomic E-state index is 0.256. The Bertz CT molecular complexity index is 1030. The molecule has 0 atom stereocenters. The van der Waals surface area contributed by atoms with Crippen LogP contribution in [-0.4, -0.2) is 26.7 Å². The zero-order valence-electron chi connectivity index (χ0n) is 14.2. The van der Waals surface area contributed by atoms with Crippen molar-refractivity contribution in [3.63, 3.8) is 0 Å². The molecule has 2 N–H and O–H groups in total. The Labute approximate surface area is 150 Å². The molecule has 2 aromatic carbocycles. The molecule has 3 aromatic rings. The fraction of sp³-hybridized carbons (Fsp3) is 0.238. The first-order chi connectivity index (χ1) is 12.6. The van der Waals surface area contributed by atoms with E-state index in [1.165, 1.54) is 5.56 Å². The quantitative estimate of drug-likeness (QED) is 0.747. The molecule has 0 spiro atoms. The van der Waals surface area contributed by atoms with Gasteiger partial charge in [0, 0.05) is 17.6 Å². The summed E-state index contributed by atoms with van der Waals surface area (Å²) in [6, 6.07) is 12.3. The Hall–Kier alpha value is -3.08. The van der Waals surface area contributed by atoms with Gasteiger partial charge in [0.15, 0.2) is 0 Å². The molecule has 1 aromatic heterocycles. The standard InChI is InChI=1S/C21H19NO4/c23-20(24)14-7-2-1-6-13(14)12-22-18-11-4-3-8-15(18)16-9-5-10-17(19(16)22)21(25)26/h1-2,5-7,9-10H,3-4,8,11-12H2,(H,23,24)(H,25,26). The zero-order valence-corrected chi connectivity index (χ0v) is 14.2. The average Bonchev–Trinajstić information content (AvgIpc) is 2.96. The smallest absolute Gasteiger partial charge is 0.337 e. The number of fused-ring (bicyclic) bond motifs is 3. The lowest BCUT2D eigenvalue weighted by molar-refractivity contribution is 0.0685. The van der Waals surface area contributed by atoms with Crippen LogP contribution in [0.3, 0.4) is 0 Å². The highest BCUT2D eigenvalue weighted by Gasteiger charge is 2.24. The van der Waals surface area contributed by atoms with Gasteiger partial charge in [0.1, 0.15) is 0 Å². The molecular formula is C21H19NO4. The van der Waals surface area contributed by atoms with Gasteiger partial charge >= 0.3 is 11.9 Å². The zero-order chi connectivity index (χ0) is 18.3. The number of carboxylic acid groups (broad SMARTS) is 2. The molecule has 0 saturated heterocycles. The normalized spacial score (nSPS) is 13.5. The summed E-state index contributed by atoms with van der Waals surface area (Å²) in [5.74, 6) is -1.93. The summed E-state index contributed by atoms with van der Waals surface area (Å²) in [6.45, 7) is 0.360. The summed E-state index contributed by atoms with van der Waals surface area (Å²) in [6.07, 6.45) is 3.97. The third-order valence-corrected chi connectivity index (χ3v) is 5.20. The number of carbonyl (C=O) groups is 2. The molecule has 5 heteroatoms. The fourth-order valence-electron chi connectivity index (χ4n) is 4.07. The predicted molar refractivity (Wildman–Crippen MR) is 98.0 cm³/mol. The number of rotatable bonds is 4. The topological polar surface area (TPSA) is 79.5 Å². The van der Waals surface area contributed by atoms with Crippen LogP contribution < -0.4 is 0 Å². The van der Waals surface area contributed by atoms with Crippen molar-refractivity contribution in [2.24, 2.45) is 0 Å². The minimum Gasteiger partial charge on any atom is -0.478 e. The Morgan fingerprint density at radius 1 is 0.885 bits per heavy atom. The summed E-state index contributed by atoms with van der Waals surface area (Å²) >= 11 is 0. The lowest BCUT2D eigenvalue weighted by atomic mass is 9.95. The van der Waals surface area contributed by atoms with E-state index in [0.717, 1.165) is 36.8 Å². The van der Waals surface area contributed by atoms with Crippen LogP contribution in [0.2, 0.25) is 0 Å². The number of aromatic carboxylic acids is 2. The molecule has 132 valence electrons. The lowest BCUT2D eigenvalue weighted by Crippen LogP contribution is -2.13. The maximum Gasteiger partial charge on any atom is 0.337 e. The van der Waals surface area contributed by atoms with Gasteiger partial charge in [-0.3, -0.25) is 0 Å². The van der Waals surface area contributed by atoms with Gasteiger partial charge in [-0.05, 0) is 48.9 Å². The van der Waals surface area contributed by atoms with Crippen molar-refractivity contribution in [2.75, 3.05) is 0 Å². The Balaban J connectivity index is 1.98. The van der Waals surface area contributed by atoms with Crippen LogP contribution in [0.5, 0.6) is 0 Å². The number of benzene rings is 2. The molecule has 1 aliphatic rings. The van der Waals surface area contributed by atoms with Crippen molar-refractivity contribution in [1.29, 1.82) is 0 Å². The molecule has 4 rings (SSSR count). The van der Waals surface area contributed by atoms with Gasteiger partial charge in [0.05, 0.1) is 16.6 Å². The van der Waals surface area contributed by atoms with Crippen LogP contribution >= 0.6 is 0 Å². The van der Waals surface area contributed by atoms with Crippen LogP contribution in [-0.2, 0) is 19.4 Å². The molecule has 1 aliphatic carbocycles. The van der Waals surface area contributed by atoms with Gasteiger partial charge in [0.25, 0.3) is 0 Å². The highest BCUT2D eigenvalue weighted by molar-refractivity contribution is 6.04. The maximum atomic E-state index is 11.8. The molecule has 0 saturated carbocycles. The molecule has 26 heavy (non-hydrogen) atoms. The first-order valence-electron chi connectivity index (χ1n) is 8.75. The lowest BCUT2D eigenvalue weighted by Gasteiger charge is -2.17. The number of nitrogens with zero attached hydrogens (tertiary/aromatic N) is 1. The average molecular weight is 349 g/mol. The second-order valence-electron chi connectivity index (χ2n) is 6.69. The Morgan fingerprint density at radius 3 is 2.35 bits per heavy atom. The third-order valence-electron chi connectivity index (χ3n) is 5.20. The summed E-state index contributed by atoms with van der Waals surface area (Å²) in [5, 5.41) is 20.1. The summed E-state index contributed by atoms with van der Waals surface area (Å²) in [5.41, 5.74) is 4.26. The third kappa shape index (κ3) is 2.56. The van der Waals surface area contributed by atoms with Gasteiger partial charge in [0.2, 0.25) is 0 Å². The van der Waals surface area contributed by atoms with E-state index in [-0.39, 0.29) is 11.1 Å². The second kappa shape index (κ2) is 6.33. The maximum absolute atomic E-state index is 11.8. The van der Waals surface area contributed by atoms with E-state index in [4.69, 9.17) is 0 Å². The molecule has 0 fully saturated rings. The van der Waals surface area contributed by atoms with Gasteiger partial charge in [-0.1, -0.05) is 30.3 Å². The van der Waals surface area contributed by atoms with Crippen LogP contribution in [0, 0.1) is 0 Å². The number of para-hydroxylation sites is 1. The van der Waals surface area contributed by atoms with Crippen LogP contribution in [0.15, 0.2) is 42.5 Å². The van der Waals surface area contributed by atoms with E-state index < -0.39 is 11.9 Å². The van der Waals surface area contributed by atoms with Crippen molar-refractivity contribution < 1.29 is 19.8 Å². The summed E-state index contributed by atoms with van der Waals surface area (Å²) < 4.78 is 2.02. The van der Waals surface area contributed by atoms with Crippen molar-refractivity contribution in [3.8, 4) is 0 Å². The largest absolute Gasteiger partial charge is 0.478 e. The van der Waals surface area contributed by atoms with Gasteiger partial charge in [-0.2, -0.15) is 0 Å². The number of aryl methyl sites for hydroxylation is 1. The molecule has 5 nitrogen and oxygen atoms in total. The molecule has 0 amide bonds. The number of hydrogen-bond acceptors (Lipinski definition) is 2. The van der Waals surface area contributed by atoms with E-state index in [1.54, 1.807) is 30.3 Å². The molecule has 0 radical (unpaired) electrons. The van der Waals surface area contributed by atoms with Gasteiger partial charge in [-0.25, -0.2) is 9.59 Å². The highest BCUT2D eigenvalue weighted by atomic mass is 16.4. The van der Waals surface area contributed by atoms with Crippen molar-refractivity contribution >= 4 is 22.8 Å². The monoisotopic (exact) mass is 349 g/mol. The van der Waals surface area contributed by atoms with E-state index in [9.17, 15) is 19.8 Å². The van der Waals surface area contributed by atoms with Crippen molar-refractivity contribution in [2.45, 2.75) is 32.2 Å². The second-order valence-corrected chi connectivity index (χ2v) is 6.69. The minimum atomic E-state index is -0.968. The predicted octanol–water partition coefficient (Wildman–Crippen LogP) is 3.96. The Kier molecular flexibility index (Phi) is 3.99. The van der Waals surface area contributed by atoms with Crippen LogP contribution in [0.25, 0.3) is 10.9 Å². The molecule has 0 bridgehead atoms. The van der Waals surface area contributed by atoms with Gasteiger partial charge < -0.3 is 14.8 Å². The summed E-state index contributed by atoms with van der Waals surface area (Å²) in [7, 11) is 0. The molecule has 0 aliphatic heterocycles. The molecule has 1 heterocycles. The fourth-order valence-corrected chi connectivity index (χ4v) is 4.07. The Morgan fingerprint density at radius 2 is 1.58 bits per heavy atom. The number of aromatic nitrogens is 1. The number of carboxylic acids is 2.